The van der Waals surface area contributed by atoms with Crippen molar-refractivity contribution in [2.45, 2.75) is 51.3 Å². The maximum atomic E-state index is 5.92. The van der Waals surface area contributed by atoms with Crippen molar-refractivity contribution in [1.29, 1.82) is 0 Å². The van der Waals surface area contributed by atoms with Crippen LogP contribution in [0.15, 0.2) is 10.4 Å². The number of ether oxygens (including phenoxy) is 1. The van der Waals surface area contributed by atoms with Gasteiger partial charge in [0.1, 0.15) is 0 Å². The van der Waals surface area contributed by atoms with Crippen molar-refractivity contribution >= 4 is 46.4 Å². The van der Waals surface area contributed by atoms with Crippen LogP contribution in [0, 0.1) is 5.41 Å². The molecule has 2 saturated carbocycles. The molecule has 6 nitrogen and oxygen atoms in total. The van der Waals surface area contributed by atoms with Crippen LogP contribution >= 0.6 is 35.3 Å². The number of nitrogens with one attached hydrogen (secondary N) is 2. The van der Waals surface area contributed by atoms with Gasteiger partial charge in [0.05, 0.1) is 18.3 Å². The molecular formula is C17H30IN5OS. The summed E-state index contributed by atoms with van der Waals surface area (Å²) < 4.78 is 5.92. The molecule has 2 fully saturated rings. The molecule has 0 aliphatic heterocycles. The van der Waals surface area contributed by atoms with Crippen LogP contribution in [-0.4, -0.2) is 50.8 Å². The van der Waals surface area contributed by atoms with Crippen molar-refractivity contribution in [2.24, 2.45) is 10.4 Å². The Kier molecular flexibility index (Phi) is 7.33. The molecule has 0 saturated heterocycles. The molecule has 142 valence electrons. The SMILES string of the molecule is CCOC1CC(NC(=NC)NCc2csc(N(C)C)n2)C12CCC2.I. The molecule has 8 heteroatoms. The average molecular weight is 479 g/mol. The number of aliphatic imine (C=N–C) groups is 1. The first-order valence-electron chi connectivity index (χ1n) is 8.79. The van der Waals surface area contributed by atoms with E-state index in [0.29, 0.717) is 24.1 Å². The van der Waals surface area contributed by atoms with Gasteiger partial charge in [-0.3, -0.25) is 4.99 Å². The van der Waals surface area contributed by atoms with Crippen LogP contribution in [-0.2, 0) is 11.3 Å². The fourth-order valence-corrected chi connectivity index (χ4v) is 4.52. The summed E-state index contributed by atoms with van der Waals surface area (Å²) in [5.74, 6) is 0.862. The van der Waals surface area contributed by atoms with Gasteiger partial charge in [0.25, 0.3) is 0 Å². The zero-order chi connectivity index (χ0) is 17.2. The fourth-order valence-electron chi connectivity index (χ4n) is 3.76. The minimum absolute atomic E-state index is 0. The second-order valence-corrected chi connectivity index (χ2v) is 7.74. The van der Waals surface area contributed by atoms with E-state index in [-0.39, 0.29) is 24.0 Å². The number of rotatable bonds is 6. The predicted octanol–water partition coefficient (Wildman–Crippen LogP) is 2.84. The maximum absolute atomic E-state index is 5.92. The Bertz CT molecular complexity index is 587. The summed E-state index contributed by atoms with van der Waals surface area (Å²) >= 11 is 1.66. The standard InChI is InChI=1S/C17H29N5OS.HI/c1-5-23-14-9-13(17(14)7-6-8-17)21-15(18-2)19-10-12-11-24-16(20-12)22(3)4;/h11,13-14H,5-10H2,1-4H3,(H2,18,19,21);1H. The highest BCUT2D eigenvalue weighted by atomic mass is 127. The first-order chi connectivity index (χ1) is 11.6. The van der Waals surface area contributed by atoms with E-state index in [1.165, 1.54) is 19.3 Å². The first-order valence-corrected chi connectivity index (χ1v) is 9.67. The Morgan fingerprint density at radius 2 is 2.24 bits per heavy atom. The van der Waals surface area contributed by atoms with Gasteiger partial charge in [0, 0.05) is 44.6 Å². The minimum atomic E-state index is 0. The molecule has 0 bridgehead atoms. The number of nitrogens with zero attached hydrogens (tertiary/aromatic N) is 3. The van der Waals surface area contributed by atoms with Crippen molar-refractivity contribution < 1.29 is 4.74 Å². The van der Waals surface area contributed by atoms with Gasteiger partial charge in [-0.1, -0.05) is 6.42 Å². The Morgan fingerprint density at radius 1 is 1.48 bits per heavy atom. The van der Waals surface area contributed by atoms with E-state index in [4.69, 9.17) is 4.74 Å². The number of halogens is 1. The van der Waals surface area contributed by atoms with Crippen LogP contribution in [0.25, 0.3) is 0 Å². The summed E-state index contributed by atoms with van der Waals surface area (Å²) in [6.45, 7) is 3.59. The van der Waals surface area contributed by atoms with Gasteiger partial charge in [-0.05, 0) is 26.2 Å². The van der Waals surface area contributed by atoms with Crippen LogP contribution in [0.4, 0.5) is 5.13 Å². The minimum Gasteiger partial charge on any atom is -0.378 e. The van der Waals surface area contributed by atoms with Crippen LogP contribution in [0.2, 0.25) is 0 Å². The quantitative estimate of drug-likeness (QED) is 0.374. The number of aromatic nitrogens is 1. The molecule has 1 spiro atoms. The van der Waals surface area contributed by atoms with E-state index in [1.54, 1.807) is 11.3 Å². The summed E-state index contributed by atoms with van der Waals surface area (Å²) in [5, 5.41) is 10.1. The smallest absolute Gasteiger partial charge is 0.191 e. The van der Waals surface area contributed by atoms with Crippen LogP contribution in [0.5, 0.6) is 0 Å². The molecule has 2 N–H and O–H groups in total. The Labute approximate surface area is 171 Å². The monoisotopic (exact) mass is 479 g/mol. The number of thiazole rings is 1. The average Bonchev–Trinajstić information content (AvgIpc) is 2.97. The first kappa shape index (κ1) is 20.7. The molecule has 3 rings (SSSR count). The lowest BCUT2D eigenvalue weighted by Gasteiger charge is -2.61. The third kappa shape index (κ3) is 4.21. The van der Waals surface area contributed by atoms with E-state index in [0.717, 1.165) is 29.8 Å². The largest absolute Gasteiger partial charge is 0.378 e. The summed E-state index contributed by atoms with van der Waals surface area (Å²) in [6, 6.07) is 0.474. The van der Waals surface area contributed by atoms with Crippen LogP contribution < -0.4 is 15.5 Å². The van der Waals surface area contributed by atoms with Crippen molar-refractivity contribution in [3.05, 3.63) is 11.1 Å². The number of anilines is 1. The zero-order valence-corrected chi connectivity index (χ0v) is 18.7. The molecular weight excluding hydrogens is 449 g/mol. The highest BCUT2D eigenvalue weighted by Gasteiger charge is 2.59. The van der Waals surface area contributed by atoms with Crippen molar-refractivity contribution in [1.82, 2.24) is 15.6 Å². The highest BCUT2D eigenvalue weighted by molar-refractivity contribution is 14.0. The summed E-state index contributed by atoms with van der Waals surface area (Å²) in [5.41, 5.74) is 1.39. The molecule has 25 heavy (non-hydrogen) atoms. The van der Waals surface area contributed by atoms with Gasteiger partial charge < -0.3 is 20.3 Å². The lowest BCUT2D eigenvalue weighted by Crippen LogP contribution is -2.68. The second-order valence-electron chi connectivity index (χ2n) is 6.90. The van der Waals surface area contributed by atoms with Gasteiger partial charge >= 0.3 is 0 Å². The number of guanidine groups is 1. The van der Waals surface area contributed by atoms with Gasteiger partial charge in [-0.2, -0.15) is 0 Å². The van der Waals surface area contributed by atoms with Crippen molar-refractivity contribution in [2.75, 3.05) is 32.6 Å². The van der Waals surface area contributed by atoms with E-state index in [9.17, 15) is 0 Å². The molecule has 2 aliphatic carbocycles. The predicted molar refractivity (Wildman–Crippen MR) is 115 cm³/mol. The summed E-state index contributed by atoms with van der Waals surface area (Å²) in [4.78, 5) is 11.0. The van der Waals surface area contributed by atoms with E-state index >= 15 is 0 Å². The van der Waals surface area contributed by atoms with Gasteiger partial charge in [-0.25, -0.2) is 4.98 Å². The normalized spacial score (nSPS) is 24.1. The molecule has 1 heterocycles. The molecule has 2 aliphatic rings. The Hall–Kier alpha value is -0.610. The van der Waals surface area contributed by atoms with Crippen LogP contribution in [0.3, 0.4) is 0 Å². The van der Waals surface area contributed by atoms with E-state index in [2.05, 4.69) is 32.9 Å². The topological polar surface area (TPSA) is 61.8 Å². The maximum Gasteiger partial charge on any atom is 0.191 e. The van der Waals surface area contributed by atoms with E-state index in [1.807, 2.05) is 26.0 Å². The van der Waals surface area contributed by atoms with Gasteiger partial charge in [-0.15, -0.1) is 35.3 Å². The second kappa shape index (κ2) is 8.85. The fraction of sp³-hybridized carbons (Fsp3) is 0.765. The summed E-state index contributed by atoms with van der Waals surface area (Å²) in [7, 11) is 5.85. The number of hydrogen-bond acceptors (Lipinski definition) is 5. The molecule has 1 aromatic heterocycles. The molecule has 1 aromatic rings. The lowest BCUT2D eigenvalue weighted by molar-refractivity contribution is -0.168. The Morgan fingerprint density at radius 3 is 2.76 bits per heavy atom. The molecule has 0 amide bonds. The third-order valence-electron chi connectivity index (χ3n) is 5.33. The molecule has 0 radical (unpaired) electrons. The third-order valence-corrected chi connectivity index (χ3v) is 6.39. The highest BCUT2D eigenvalue weighted by Crippen LogP contribution is 2.57. The zero-order valence-electron chi connectivity index (χ0n) is 15.5. The molecule has 2 unspecified atom stereocenters. The van der Waals surface area contributed by atoms with Gasteiger partial charge in [0.2, 0.25) is 0 Å². The van der Waals surface area contributed by atoms with Crippen molar-refractivity contribution in [3.63, 3.8) is 0 Å². The lowest BCUT2D eigenvalue weighted by atomic mass is 9.51. The molecule has 2 atom stereocenters. The molecule has 0 aromatic carbocycles. The Balaban J connectivity index is 0.00000225. The number of hydrogen-bond donors (Lipinski definition) is 2. The van der Waals surface area contributed by atoms with Gasteiger partial charge in [0.15, 0.2) is 11.1 Å². The van der Waals surface area contributed by atoms with Crippen LogP contribution in [0.1, 0.15) is 38.3 Å². The van der Waals surface area contributed by atoms with Crippen molar-refractivity contribution in [3.8, 4) is 0 Å². The summed E-state index contributed by atoms with van der Waals surface area (Å²) in [6.07, 6.45) is 5.36. The van der Waals surface area contributed by atoms with E-state index < -0.39 is 0 Å².